The van der Waals surface area contributed by atoms with Gasteiger partial charge in [-0.05, 0) is 50.6 Å². The molecule has 4 heterocycles. The number of hydrogen-bond donors (Lipinski definition) is 1. The summed E-state index contributed by atoms with van der Waals surface area (Å²) in [5.74, 6) is 1.99. The number of primary amides is 1. The van der Waals surface area contributed by atoms with Crippen molar-refractivity contribution >= 4 is 11.5 Å². The van der Waals surface area contributed by atoms with Crippen molar-refractivity contribution in [2.75, 3.05) is 26.7 Å². The van der Waals surface area contributed by atoms with Gasteiger partial charge in [0.1, 0.15) is 30.2 Å². The van der Waals surface area contributed by atoms with E-state index >= 15 is 0 Å². The second-order valence-corrected chi connectivity index (χ2v) is 8.63. The molecule has 9 nitrogen and oxygen atoms in total. The van der Waals surface area contributed by atoms with Crippen molar-refractivity contribution in [3.8, 4) is 28.7 Å². The monoisotopic (exact) mass is 433 g/mol. The number of imidazole rings is 1. The van der Waals surface area contributed by atoms with Gasteiger partial charge in [0.25, 0.3) is 0 Å². The molecule has 0 atom stereocenters. The summed E-state index contributed by atoms with van der Waals surface area (Å²) >= 11 is 0. The summed E-state index contributed by atoms with van der Waals surface area (Å²) in [5.41, 5.74) is 10.0. The number of carbonyl (C=O) groups excluding carboxylic acids is 1. The zero-order chi connectivity index (χ0) is 22.4. The molecule has 5 rings (SSSR count). The van der Waals surface area contributed by atoms with Gasteiger partial charge in [-0.15, -0.1) is 0 Å². The largest absolute Gasteiger partial charge is 0.491 e. The molecule has 0 aliphatic carbocycles. The van der Waals surface area contributed by atoms with Crippen LogP contribution in [0.25, 0.3) is 28.5 Å². The van der Waals surface area contributed by atoms with Crippen molar-refractivity contribution in [3.05, 3.63) is 41.9 Å². The van der Waals surface area contributed by atoms with Crippen molar-refractivity contribution in [1.82, 2.24) is 29.2 Å². The molecule has 2 N–H and O–H groups in total. The normalized spacial score (nSPS) is 16.5. The van der Waals surface area contributed by atoms with E-state index in [1.807, 2.05) is 36.1 Å². The van der Waals surface area contributed by atoms with E-state index in [1.54, 1.807) is 6.33 Å². The van der Waals surface area contributed by atoms with Crippen LogP contribution in [0.1, 0.15) is 31.9 Å². The highest BCUT2D eigenvalue weighted by Gasteiger charge is 2.25. The molecule has 2 aliphatic heterocycles. The summed E-state index contributed by atoms with van der Waals surface area (Å²) in [7, 11) is 2.00. The lowest BCUT2D eigenvalue weighted by molar-refractivity contribution is -0.114. The molecular formula is C23H27N7O2. The Balaban J connectivity index is 1.57. The Morgan fingerprint density at radius 1 is 1.22 bits per heavy atom. The summed E-state index contributed by atoms with van der Waals surface area (Å²) in [6.07, 6.45) is 4.35. The Hall–Kier alpha value is -3.46. The van der Waals surface area contributed by atoms with Crippen LogP contribution in [0.4, 0.5) is 0 Å². The highest BCUT2D eigenvalue weighted by Crippen LogP contribution is 2.37. The van der Waals surface area contributed by atoms with Gasteiger partial charge in [-0.3, -0.25) is 4.79 Å². The van der Waals surface area contributed by atoms with Gasteiger partial charge in [-0.1, -0.05) is 6.07 Å². The third-order valence-corrected chi connectivity index (χ3v) is 6.06. The van der Waals surface area contributed by atoms with Crippen LogP contribution in [0.2, 0.25) is 0 Å². The third-order valence-electron chi connectivity index (χ3n) is 6.06. The standard InChI is InChI=1S/C23H27N7O2/c1-14(2)30-23(25-13-26-30)19-12-29-8-9-32-20-10-15(4-5-17(20)22(29)27-19)16-6-7-28(3)11-18(16)21(24)31/h4-5,10,12-14H,6-9,11H2,1-3H3,(H2,24,31). The fourth-order valence-corrected chi connectivity index (χ4v) is 4.43. The van der Waals surface area contributed by atoms with E-state index in [1.165, 1.54) is 0 Å². The number of carbonyl (C=O) groups is 1. The minimum absolute atomic E-state index is 0.189. The minimum Gasteiger partial charge on any atom is -0.491 e. The van der Waals surface area contributed by atoms with Gasteiger partial charge in [0, 0.05) is 30.9 Å². The van der Waals surface area contributed by atoms with E-state index in [0.29, 0.717) is 25.3 Å². The predicted molar refractivity (Wildman–Crippen MR) is 121 cm³/mol. The maximum Gasteiger partial charge on any atom is 0.246 e. The van der Waals surface area contributed by atoms with Gasteiger partial charge in [0.2, 0.25) is 5.91 Å². The summed E-state index contributed by atoms with van der Waals surface area (Å²) in [5, 5.41) is 4.34. The smallest absolute Gasteiger partial charge is 0.246 e. The van der Waals surface area contributed by atoms with Crippen molar-refractivity contribution in [3.63, 3.8) is 0 Å². The summed E-state index contributed by atoms with van der Waals surface area (Å²) < 4.78 is 10.1. The van der Waals surface area contributed by atoms with Crippen molar-refractivity contribution < 1.29 is 9.53 Å². The van der Waals surface area contributed by atoms with Gasteiger partial charge in [0.15, 0.2) is 5.82 Å². The average Bonchev–Trinajstić information content (AvgIpc) is 3.38. The number of hydrogen-bond acceptors (Lipinski definition) is 6. The third kappa shape index (κ3) is 3.48. The zero-order valence-corrected chi connectivity index (χ0v) is 18.6. The van der Waals surface area contributed by atoms with Gasteiger partial charge in [-0.25, -0.2) is 14.6 Å². The molecule has 0 bridgehead atoms. The van der Waals surface area contributed by atoms with Gasteiger partial charge in [-0.2, -0.15) is 5.10 Å². The van der Waals surface area contributed by atoms with Gasteiger partial charge < -0.3 is 19.9 Å². The zero-order valence-electron chi connectivity index (χ0n) is 18.6. The first-order valence-electron chi connectivity index (χ1n) is 10.9. The Labute approximate surface area is 186 Å². The van der Waals surface area contributed by atoms with Crippen LogP contribution in [0.3, 0.4) is 0 Å². The lowest BCUT2D eigenvalue weighted by atomic mass is 9.92. The van der Waals surface area contributed by atoms with E-state index in [-0.39, 0.29) is 11.9 Å². The molecule has 0 unspecified atom stereocenters. The summed E-state index contributed by atoms with van der Waals surface area (Å²) in [4.78, 5) is 23.5. The van der Waals surface area contributed by atoms with Crippen LogP contribution in [-0.4, -0.2) is 61.9 Å². The molecule has 32 heavy (non-hydrogen) atoms. The Morgan fingerprint density at radius 3 is 2.84 bits per heavy atom. The van der Waals surface area contributed by atoms with Crippen molar-refractivity contribution in [2.45, 2.75) is 32.9 Å². The van der Waals surface area contributed by atoms with E-state index in [4.69, 9.17) is 15.5 Å². The summed E-state index contributed by atoms with van der Waals surface area (Å²) in [6.45, 7) is 6.80. The van der Waals surface area contributed by atoms with Crippen LogP contribution in [0.15, 0.2) is 36.3 Å². The Morgan fingerprint density at radius 2 is 2.06 bits per heavy atom. The van der Waals surface area contributed by atoms with Crippen LogP contribution in [-0.2, 0) is 11.3 Å². The van der Waals surface area contributed by atoms with Crippen LogP contribution < -0.4 is 10.5 Å². The lowest BCUT2D eigenvalue weighted by Crippen LogP contribution is -2.33. The molecule has 166 valence electrons. The molecular weight excluding hydrogens is 406 g/mol. The second-order valence-electron chi connectivity index (χ2n) is 8.63. The Bertz CT molecular complexity index is 1220. The lowest BCUT2D eigenvalue weighted by Gasteiger charge is -2.26. The maximum absolute atomic E-state index is 12.1. The second kappa shape index (κ2) is 7.90. The number of ether oxygens (including phenoxy) is 1. The number of fused-ring (bicyclic) bond motifs is 3. The van der Waals surface area contributed by atoms with Crippen LogP contribution >= 0.6 is 0 Å². The number of rotatable bonds is 4. The molecule has 3 aromatic rings. The molecule has 0 fully saturated rings. The molecule has 9 heteroatoms. The number of nitrogens with zero attached hydrogens (tertiary/aromatic N) is 6. The first kappa shape index (κ1) is 20.4. The van der Waals surface area contributed by atoms with Gasteiger partial charge in [0.05, 0.1) is 12.1 Å². The first-order valence-corrected chi connectivity index (χ1v) is 10.9. The Kier molecular flexibility index (Phi) is 5.05. The maximum atomic E-state index is 12.1. The predicted octanol–water partition coefficient (Wildman–Crippen LogP) is 2.36. The van der Waals surface area contributed by atoms with E-state index in [2.05, 4.69) is 33.4 Å². The highest BCUT2D eigenvalue weighted by atomic mass is 16.5. The highest BCUT2D eigenvalue weighted by molar-refractivity contribution is 6.01. The van der Waals surface area contributed by atoms with E-state index in [0.717, 1.165) is 52.8 Å². The average molecular weight is 434 g/mol. The van der Waals surface area contributed by atoms with Gasteiger partial charge >= 0.3 is 0 Å². The fraction of sp³-hybridized carbons (Fsp3) is 0.391. The fourth-order valence-electron chi connectivity index (χ4n) is 4.43. The molecule has 0 saturated heterocycles. The number of likely N-dealkylation sites (N-methyl/N-ethyl adjacent to an activating group) is 1. The minimum atomic E-state index is -0.364. The number of amides is 1. The molecule has 0 spiro atoms. The molecule has 0 radical (unpaired) electrons. The number of benzene rings is 1. The first-order chi connectivity index (χ1) is 15.4. The number of nitrogens with two attached hydrogens (primary N) is 1. The van der Waals surface area contributed by atoms with Crippen molar-refractivity contribution in [1.29, 1.82) is 0 Å². The molecule has 2 aromatic heterocycles. The molecule has 1 amide bonds. The van der Waals surface area contributed by atoms with Crippen molar-refractivity contribution in [2.24, 2.45) is 5.73 Å². The summed E-state index contributed by atoms with van der Waals surface area (Å²) in [6, 6.07) is 6.26. The number of aromatic nitrogens is 5. The van der Waals surface area contributed by atoms with E-state index in [9.17, 15) is 4.79 Å². The molecule has 2 aliphatic rings. The SMILES string of the molecule is CC(C)n1ncnc1-c1cn2c(n1)-c1ccc(C3=C(C(N)=O)CN(C)CC3)cc1OCC2. The molecule has 0 saturated carbocycles. The molecule has 1 aromatic carbocycles. The van der Waals surface area contributed by atoms with Crippen LogP contribution in [0.5, 0.6) is 5.75 Å². The topological polar surface area (TPSA) is 104 Å². The van der Waals surface area contributed by atoms with E-state index < -0.39 is 0 Å². The quantitative estimate of drug-likeness (QED) is 0.677. The van der Waals surface area contributed by atoms with Crippen LogP contribution in [0, 0.1) is 0 Å².